The molecule has 1 heterocycles. The van der Waals surface area contributed by atoms with Crippen LogP contribution in [-0.2, 0) is 9.59 Å². The van der Waals surface area contributed by atoms with Gasteiger partial charge in [0.05, 0.1) is 11.7 Å². The maximum Gasteiger partial charge on any atom is 0.243 e. The van der Waals surface area contributed by atoms with Gasteiger partial charge in [-0.05, 0) is 12.8 Å². The zero-order valence-corrected chi connectivity index (χ0v) is 15.2. The van der Waals surface area contributed by atoms with Crippen LogP contribution in [-0.4, -0.2) is 22.8 Å². The van der Waals surface area contributed by atoms with E-state index in [0.717, 1.165) is 16.3 Å². The lowest BCUT2D eigenvalue weighted by Crippen LogP contribution is -2.49. The maximum absolute atomic E-state index is 12.4. The molecule has 1 aromatic heterocycles. The third-order valence-corrected chi connectivity index (χ3v) is 4.66. The van der Waals surface area contributed by atoms with Crippen LogP contribution in [0.15, 0.2) is 35.7 Å². The topological polar surface area (TPSA) is 71.1 Å². The summed E-state index contributed by atoms with van der Waals surface area (Å²) in [4.78, 5) is 28.3. The standard InChI is InChI=1S/C18H23N3O2S/c1-11(2)16(20-13(4)22)17(23)19-12(3)18-21-15(10-24-18)14-8-6-5-7-9-14/h5-12,16H,1-4H3,(H,19,23)(H,20,22)/t12-,16-/m0/s1. The normalized spacial score (nSPS) is 13.4. The molecule has 128 valence electrons. The van der Waals surface area contributed by atoms with E-state index in [1.807, 2.05) is 56.5 Å². The van der Waals surface area contributed by atoms with Crippen molar-refractivity contribution in [3.8, 4) is 11.3 Å². The predicted molar refractivity (Wildman–Crippen MR) is 96.6 cm³/mol. The molecule has 0 saturated carbocycles. The number of benzene rings is 1. The lowest BCUT2D eigenvalue weighted by Gasteiger charge is -2.22. The average Bonchev–Trinajstić information content (AvgIpc) is 3.03. The predicted octanol–water partition coefficient (Wildman–Crippen LogP) is 3.15. The van der Waals surface area contributed by atoms with Gasteiger partial charge in [0.2, 0.25) is 11.8 Å². The van der Waals surface area contributed by atoms with Gasteiger partial charge in [0, 0.05) is 17.9 Å². The molecule has 0 aliphatic carbocycles. The van der Waals surface area contributed by atoms with Gasteiger partial charge in [-0.15, -0.1) is 11.3 Å². The molecule has 2 rings (SSSR count). The van der Waals surface area contributed by atoms with Gasteiger partial charge >= 0.3 is 0 Å². The lowest BCUT2D eigenvalue weighted by molar-refractivity contribution is -0.129. The Hall–Kier alpha value is -2.21. The van der Waals surface area contributed by atoms with E-state index in [1.165, 1.54) is 18.3 Å². The van der Waals surface area contributed by atoms with Gasteiger partial charge < -0.3 is 10.6 Å². The second kappa shape index (κ2) is 8.06. The summed E-state index contributed by atoms with van der Waals surface area (Å²) in [6, 6.07) is 9.17. The van der Waals surface area contributed by atoms with Crippen LogP contribution >= 0.6 is 11.3 Å². The Labute approximate surface area is 146 Å². The minimum absolute atomic E-state index is 0.0114. The number of nitrogens with one attached hydrogen (secondary N) is 2. The average molecular weight is 345 g/mol. The molecule has 0 fully saturated rings. The van der Waals surface area contributed by atoms with Crippen LogP contribution in [0.3, 0.4) is 0 Å². The summed E-state index contributed by atoms with van der Waals surface area (Å²) in [6.45, 7) is 7.12. The largest absolute Gasteiger partial charge is 0.345 e. The number of rotatable bonds is 6. The molecule has 2 atom stereocenters. The van der Waals surface area contributed by atoms with Crippen molar-refractivity contribution in [2.45, 2.75) is 39.8 Å². The van der Waals surface area contributed by atoms with E-state index >= 15 is 0 Å². The van der Waals surface area contributed by atoms with E-state index in [-0.39, 0.29) is 23.8 Å². The maximum atomic E-state index is 12.4. The van der Waals surface area contributed by atoms with Gasteiger partial charge in [0.25, 0.3) is 0 Å². The Balaban J connectivity index is 2.06. The van der Waals surface area contributed by atoms with Crippen molar-refractivity contribution >= 4 is 23.2 Å². The summed E-state index contributed by atoms with van der Waals surface area (Å²) >= 11 is 1.52. The minimum Gasteiger partial charge on any atom is -0.345 e. The summed E-state index contributed by atoms with van der Waals surface area (Å²) in [6.07, 6.45) is 0. The number of amides is 2. The first kappa shape index (κ1) is 18.1. The highest BCUT2D eigenvalue weighted by Gasteiger charge is 2.25. The van der Waals surface area contributed by atoms with E-state index in [1.54, 1.807) is 0 Å². The van der Waals surface area contributed by atoms with Crippen LogP contribution in [0.2, 0.25) is 0 Å². The molecule has 6 heteroatoms. The lowest BCUT2D eigenvalue weighted by atomic mass is 10.0. The van der Waals surface area contributed by atoms with Crippen molar-refractivity contribution in [3.63, 3.8) is 0 Å². The van der Waals surface area contributed by atoms with Gasteiger partial charge in [-0.25, -0.2) is 4.98 Å². The first-order valence-corrected chi connectivity index (χ1v) is 8.84. The molecular formula is C18H23N3O2S. The molecule has 2 N–H and O–H groups in total. The second-order valence-corrected chi connectivity index (χ2v) is 6.98. The first-order valence-electron chi connectivity index (χ1n) is 7.96. The van der Waals surface area contributed by atoms with Crippen molar-refractivity contribution < 1.29 is 9.59 Å². The molecule has 5 nitrogen and oxygen atoms in total. The monoisotopic (exact) mass is 345 g/mol. The van der Waals surface area contributed by atoms with Crippen LogP contribution in [0.1, 0.15) is 38.7 Å². The number of hydrogen-bond acceptors (Lipinski definition) is 4. The Morgan fingerprint density at radius 2 is 1.75 bits per heavy atom. The molecule has 1 aromatic carbocycles. The van der Waals surface area contributed by atoms with Crippen LogP contribution in [0.4, 0.5) is 0 Å². The quantitative estimate of drug-likeness (QED) is 0.845. The Morgan fingerprint density at radius 1 is 1.08 bits per heavy atom. The van der Waals surface area contributed by atoms with E-state index in [0.29, 0.717) is 0 Å². The molecule has 24 heavy (non-hydrogen) atoms. The number of carbonyl (C=O) groups is 2. The van der Waals surface area contributed by atoms with Gasteiger partial charge in [-0.3, -0.25) is 9.59 Å². The molecule has 0 aliphatic heterocycles. The highest BCUT2D eigenvalue weighted by Crippen LogP contribution is 2.25. The molecule has 2 amide bonds. The van der Waals surface area contributed by atoms with Gasteiger partial charge in [-0.1, -0.05) is 44.2 Å². The Kier molecular flexibility index (Phi) is 6.09. The van der Waals surface area contributed by atoms with E-state index in [9.17, 15) is 9.59 Å². The fourth-order valence-corrected chi connectivity index (χ4v) is 3.18. The number of hydrogen-bond donors (Lipinski definition) is 2. The fourth-order valence-electron chi connectivity index (χ4n) is 2.35. The zero-order valence-electron chi connectivity index (χ0n) is 14.4. The summed E-state index contributed by atoms with van der Waals surface area (Å²) in [5.41, 5.74) is 1.95. The highest BCUT2D eigenvalue weighted by molar-refractivity contribution is 7.10. The van der Waals surface area contributed by atoms with Gasteiger partial charge in [0.1, 0.15) is 11.0 Å². The number of nitrogens with zero attached hydrogens (tertiary/aromatic N) is 1. The van der Waals surface area contributed by atoms with Gasteiger partial charge in [-0.2, -0.15) is 0 Å². The summed E-state index contributed by atoms with van der Waals surface area (Å²) in [5, 5.41) is 8.47. The van der Waals surface area contributed by atoms with Crippen LogP contribution in [0.25, 0.3) is 11.3 Å². The molecular weight excluding hydrogens is 322 g/mol. The molecule has 0 unspecified atom stereocenters. The minimum atomic E-state index is -0.543. The molecule has 2 aromatic rings. The Morgan fingerprint density at radius 3 is 2.33 bits per heavy atom. The summed E-state index contributed by atoms with van der Waals surface area (Å²) < 4.78 is 0. The third-order valence-electron chi connectivity index (χ3n) is 3.63. The SMILES string of the molecule is CC(=O)N[C@H](C(=O)N[C@@H](C)c1nc(-c2ccccc2)cs1)C(C)C. The summed E-state index contributed by atoms with van der Waals surface area (Å²) in [5.74, 6) is -0.390. The number of carbonyl (C=O) groups excluding carboxylic acids is 2. The zero-order chi connectivity index (χ0) is 17.7. The van der Waals surface area contributed by atoms with Crippen molar-refractivity contribution in [2.75, 3.05) is 0 Å². The molecule has 0 bridgehead atoms. The molecule has 0 saturated heterocycles. The van der Waals surface area contributed by atoms with Crippen molar-refractivity contribution in [3.05, 3.63) is 40.7 Å². The molecule has 0 radical (unpaired) electrons. The van der Waals surface area contributed by atoms with Crippen molar-refractivity contribution in [2.24, 2.45) is 5.92 Å². The second-order valence-electron chi connectivity index (χ2n) is 6.09. The number of aromatic nitrogens is 1. The number of thiazole rings is 1. The van der Waals surface area contributed by atoms with Crippen molar-refractivity contribution in [1.82, 2.24) is 15.6 Å². The van der Waals surface area contributed by atoms with Gasteiger partial charge in [0.15, 0.2) is 0 Å². The first-order chi connectivity index (χ1) is 11.4. The third kappa shape index (κ3) is 4.64. The Bertz CT molecular complexity index is 697. The molecule has 0 spiro atoms. The molecule has 0 aliphatic rings. The van der Waals surface area contributed by atoms with E-state index < -0.39 is 6.04 Å². The van der Waals surface area contributed by atoms with E-state index in [4.69, 9.17) is 0 Å². The smallest absolute Gasteiger partial charge is 0.243 e. The highest BCUT2D eigenvalue weighted by atomic mass is 32.1. The van der Waals surface area contributed by atoms with Crippen LogP contribution in [0.5, 0.6) is 0 Å². The van der Waals surface area contributed by atoms with Crippen LogP contribution in [0, 0.1) is 5.92 Å². The van der Waals surface area contributed by atoms with Crippen LogP contribution < -0.4 is 10.6 Å². The van der Waals surface area contributed by atoms with E-state index in [2.05, 4.69) is 15.6 Å². The van der Waals surface area contributed by atoms with Crippen molar-refractivity contribution in [1.29, 1.82) is 0 Å². The fraction of sp³-hybridized carbons (Fsp3) is 0.389. The summed E-state index contributed by atoms with van der Waals surface area (Å²) in [7, 11) is 0.